The summed E-state index contributed by atoms with van der Waals surface area (Å²) in [7, 11) is 0. The Morgan fingerprint density at radius 1 is 1.53 bits per heavy atom. The van der Waals surface area contributed by atoms with E-state index in [1.165, 1.54) is 17.5 Å². The molecule has 3 nitrogen and oxygen atoms in total. The van der Waals surface area contributed by atoms with Crippen LogP contribution in [-0.2, 0) is 13.0 Å². The molecular formula is C15H21ClN2O. The van der Waals surface area contributed by atoms with Crippen LogP contribution in [0.4, 0.5) is 0 Å². The minimum Gasteiger partial charge on any atom is -0.493 e. The van der Waals surface area contributed by atoms with Gasteiger partial charge in [0.05, 0.1) is 6.61 Å². The molecule has 1 aromatic carbocycles. The molecule has 4 heteroatoms. The maximum Gasteiger partial charge on any atom is 0.127 e. The monoisotopic (exact) mass is 280 g/mol. The molecule has 1 fully saturated rings. The second-order valence-corrected chi connectivity index (χ2v) is 6.23. The molecule has 2 heterocycles. The average Bonchev–Trinajstić information content (AvgIpc) is 2.96. The summed E-state index contributed by atoms with van der Waals surface area (Å²) >= 11 is 6.20. The molecule has 0 amide bonds. The van der Waals surface area contributed by atoms with Crippen LogP contribution in [0.5, 0.6) is 5.75 Å². The summed E-state index contributed by atoms with van der Waals surface area (Å²) in [6.45, 7) is 6.01. The van der Waals surface area contributed by atoms with Crippen LogP contribution in [0.2, 0.25) is 5.02 Å². The normalized spacial score (nSPS) is 24.3. The molecule has 0 bridgehead atoms. The van der Waals surface area contributed by atoms with Gasteiger partial charge in [0.25, 0.3) is 0 Å². The first-order valence-corrected chi connectivity index (χ1v) is 7.43. The second-order valence-electron chi connectivity index (χ2n) is 5.79. The molecule has 3 rings (SSSR count). The highest BCUT2D eigenvalue weighted by molar-refractivity contribution is 6.30. The lowest BCUT2D eigenvalue weighted by Crippen LogP contribution is -2.29. The zero-order valence-electron chi connectivity index (χ0n) is 11.4. The molecule has 1 saturated heterocycles. The van der Waals surface area contributed by atoms with Crippen molar-refractivity contribution in [1.29, 1.82) is 0 Å². The maximum atomic E-state index is 6.20. The molecule has 104 valence electrons. The molecule has 0 aliphatic carbocycles. The van der Waals surface area contributed by atoms with Crippen molar-refractivity contribution in [3.05, 3.63) is 28.3 Å². The van der Waals surface area contributed by atoms with E-state index in [4.69, 9.17) is 22.1 Å². The number of nitrogens with zero attached hydrogens (tertiary/aromatic N) is 1. The first-order chi connectivity index (χ1) is 9.13. The molecule has 2 N–H and O–H groups in total. The molecule has 0 radical (unpaired) electrons. The van der Waals surface area contributed by atoms with Gasteiger partial charge in [0.2, 0.25) is 0 Å². The molecule has 1 aromatic rings. The molecule has 0 aromatic heterocycles. The largest absolute Gasteiger partial charge is 0.493 e. The zero-order valence-corrected chi connectivity index (χ0v) is 12.1. The third-order valence-electron chi connectivity index (χ3n) is 4.27. The van der Waals surface area contributed by atoms with Gasteiger partial charge < -0.3 is 10.5 Å². The third kappa shape index (κ3) is 2.73. The molecule has 19 heavy (non-hydrogen) atoms. The Morgan fingerprint density at radius 3 is 3.11 bits per heavy atom. The van der Waals surface area contributed by atoms with E-state index >= 15 is 0 Å². The highest BCUT2D eigenvalue weighted by atomic mass is 35.5. The van der Waals surface area contributed by atoms with Crippen molar-refractivity contribution in [3.63, 3.8) is 0 Å². The fraction of sp³-hybridized carbons (Fsp3) is 0.600. The van der Waals surface area contributed by atoms with Crippen molar-refractivity contribution in [2.45, 2.75) is 32.4 Å². The lowest BCUT2D eigenvalue weighted by molar-refractivity contribution is 0.297. The number of ether oxygens (including phenoxy) is 1. The Kier molecular flexibility index (Phi) is 3.70. The number of nitrogens with two attached hydrogens (primary N) is 1. The Morgan fingerprint density at radius 2 is 2.37 bits per heavy atom. The first kappa shape index (κ1) is 13.2. The fourth-order valence-corrected chi connectivity index (χ4v) is 3.40. The number of hydrogen-bond acceptors (Lipinski definition) is 3. The molecule has 2 atom stereocenters. The van der Waals surface area contributed by atoms with Crippen LogP contribution in [0.15, 0.2) is 12.1 Å². The van der Waals surface area contributed by atoms with Crippen LogP contribution in [0, 0.1) is 5.92 Å². The standard InChI is InChI=1S/C15H21ClN2O/c1-10(17)12-2-4-18(8-12)9-13-7-14(16)6-11-3-5-19-15(11)13/h6-7,10,12H,2-5,8-9,17H2,1H3. The Hall–Kier alpha value is -0.770. The number of benzene rings is 1. The third-order valence-corrected chi connectivity index (χ3v) is 4.49. The van der Waals surface area contributed by atoms with Crippen LogP contribution in [0.1, 0.15) is 24.5 Å². The van der Waals surface area contributed by atoms with Gasteiger partial charge in [-0.15, -0.1) is 0 Å². The number of hydrogen-bond donors (Lipinski definition) is 1. The minimum atomic E-state index is 0.284. The van der Waals surface area contributed by atoms with Gasteiger partial charge in [-0.25, -0.2) is 0 Å². The Balaban J connectivity index is 1.74. The smallest absolute Gasteiger partial charge is 0.127 e. The summed E-state index contributed by atoms with van der Waals surface area (Å²) in [5.74, 6) is 1.68. The van der Waals surface area contributed by atoms with Gasteiger partial charge in [0.15, 0.2) is 0 Å². The molecule has 2 unspecified atom stereocenters. The highest BCUT2D eigenvalue weighted by Crippen LogP contribution is 2.34. The minimum absolute atomic E-state index is 0.284. The van der Waals surface area contributed by atoms with Crippen LogP contribution >= 0.6 is 11.6 Å². The van der Waals surface area contributed by atoms with Gasteiger partial charge in [0, 0.05) is 36.1 Å². The fourth-order valence-electron chi connectivity index (χ4n) is 3.14. The van der Waals surface area contributed by atoms with Gasteiger partial charge >= 0.3 is 0 Å². The number of likely N-dealkylation sites (tertiary alicyclic amines) is 1. The molecule has 2 aliphatic heterocycles. The highest BCUT2D eigenvalue weighted by Gasteiger charge is 2.27. The van der Waals surface area contributed by atoms with E-state index in [1.807, 2.05) is 12.1 Å². The summed E-state index contributed by atoms with van der Waals surface area (Å²) in [6, 6.07) is 4.36. The second kappa shape index (κ2) is 5.31. The lowest BCUT2D eigenvalue weighted by atomic mass is 10.0. The van der Waals surface area contributed by atoms with Crippen molar-refractivity contribution in [3.8, 4) is 5.75 Å². The van der Waals surface area contributed by atoms with E-state index in [1.54, 1.807) is 0 Å². The van der Waals surface area contributed by atoms with Crippen molar-refractivity contribution >= 4 is 11.6 Å². The Bertz CT molecular complexity index is 475. The van der Waals surface area contributed by atoms with E-state index < -0.39 is 0 Å². The number of fused-ring (bicyclic) bond motifs is 1. The van der Waals surface area contributed by atoms with Crippen LogP contribution in [0.25, 0.3) is 0 Å². The lowest BCUT2D eigenvalue weighted by Gasteiger charge is -2.19. The predicted octanol–water partition coefficient (Wildman–Crippen LogP) is 2.44. The Labute approximate surface area is 119 Å². The van der Waals surface area contributed by atoms with Gasteiger partial charge in [-0.05, 0) is 43.5 Å². The summed E-state index contributed by atoms with van der Waals surface area (Å²) in [5, 5.41) is 0.821. The van der Waals surface area contributed by atoms with E-state index in [9.17, 15) is 0 Å². The summed E-state index contributed by atoms with van der Waals surface area (Å²) in [6.07, 6.45) is 2.17. The average molecular weight is 281 g/mol. The summed E-state index contributed by atoms with van der Waals surface area (Å²) in [4.78, 5) is 2.46. The number of rotatable bonds is 3. The molecule has 0 spiro atoms. The van der Waals surface area contributed by atoms with Crippen LogP contribution in [0.3, 0.4) is 0 Å². The van der Waals surface area contributed by atoms with Gasteiger partial charge in [-0.2, -0.15) is 0 Å². The summed E-state index contributed by atoms with van der Waals surface area (Å²) < 4.78 is 5.76. The van der Waals surface area contributed by atoms with Gasteiger partial charge in [-0.3, -0.25) is 4.90 Å². The first-order valence-electron chi connectivity index (χ1n) is 7.05. The van der Waals surface area contributed by atoms with E-state index in [0.717, 1.165) is 43.4 Å². The van der Waals surface area contributed by atoms with Gasteiger partial charge in [-0.1, -0.05) is 11.6 Å². The maximum absolute atomic E-state index is 6.20. The summed E-state index contributed by atoms with van der Waals surface area (Å²) in [5.41, 5.74) is 8.48. The van der Waals surface area contributed by atoms with E-state index in [2.05, 4.69) is 11.8 Å². The topological polar surface area (TPSA) is 38.5 Å². The van der Waals surface area contributed by atoms with Gasteiger partial charge in [0.1, 0.15) is 5.75 Å². The van der Waals surface area contributed by atoms with Crippen molar-refractivity contribution in [2.75, 3.05) is 19.7 Å². The van der Waals surface area contributed by atoms with Crippen LogP contribution < -0.4 is 10.5 Å². The van der Waals surface area contributed by atoms with Crippen LogP contribution in [-0.4, -0.2) is 30.6 Å². The van der Waals surface area contributed by atoms with E-state index in [-0.39, 0.29) is 6.04 Å². The number of halogens is 1. The SMILES string of the molecule is CC(N)C1CCN(Cc2cc(Cl)cc3c2OCC3)C1. The quantitative estimate of drug-likeness (QED) is 0.924. The molecule has 0 saturated carbocycles. The van der Waals surface area contributed by atoms with Crippen molar-refractivity contribution in [1.82, 2.24) is 4.90 Å². The van der Waals surface area contributed by atoms with Crippen molar-refractivity contribution < 1.29 is 4.74 Å². The van der Waals surface area contributed by atoms with E-state index in [0.29, 0.717) is 5.92 Å². The predicted molar refractivity (Wildman–Crippen MR) is 77.7 cm³/mol. The van der Waals surface area contributed by atoms with Crippen molar-refractivity contribution in [2.24, 2.45) is 11.7 Å². The molecule has 2 aliphatic rings. The zero-order chi connectivity index (χ0) is 13.4. The molecular weight excluding hydrogens is 260 g/mol.